The van der Waals surface area contributed by atoms with Gasteiger partial charge in [-0.1, -0.05) is 18.2 Å². The number of anilines is 1. The number of nitrogens with two attached hydrogens (primary N) is 1. The molecule has 14 heavy (non-hydrogen) atoms. The van der Waals surface area contributed by atoms with Gasteiger partial charge in [0.2, 0.25) is 0 Å². The number of nitrogen functional groups attached to an aromatic ring is 1. The minimum Gasteiger partial charge on any atom is -0.399 e. The third kappa shape index (κ3) is 1.93. The predicted octanol–water partition coefficient (Wildman–Crippen LogP) is 1.78. The van der Waals surface area contributed by atoms with E-state index in [4.69, 9.17) is 5.73 Å². The molecule has 0 atom stereocenters. The van der Waals surface area contributed by atoms with Crippen molar-refractivity contribution in [1.82, 2.24) is 4.90 Å². The highest BCUT2D eigenvalue weighted by atomic mass is 19.1. The van der Waals surface area contributed by atoms with Crippen LogP contribution in [0, 0.1) is 5.82 Å². The standard InChI is InChI=1S/C11H13FN2/c12-11-7-10(13)4-3-9(11)8-14-5-1-2-6-14/h1-4,7H,5-6,8,13H2. The molecule has 1 aliphatic rings. The van der Waals surface area contributed by atoms with Crippen LogP contribution in [0.25, 0.3) is 0 Å². The molecule has 0 bridgehead atoms. The van der Waals surface area contributed by atoms with Gasteiger partial charge in [-0.2, -0.15) is 0 Å². The summed E-state index contributed by atoms with van der Waals surface area (Å²) in [4.78, 5) is 2.16. The summed E-state index contributed by atoms with van der Waals surface area (Å²) in [6.07, 6.45) is 4.18. The molecule has 3 heteroatoms. The number of halogens is 1. The zero-order valence-electron chi connectivity index (χ0n) is 7.91. The van der Waals surface area contributed by atoms with Crippen molar-refractivity contribution in [2.45, 2.75) is 6.54 Å². The predicted molar refractivity (Wildman–Crippen MR) is 55.2 cm³/mol. The molecule has 0 unspecified atom stereocenters. The van der Waals surface area contributed by atoms with Crippen molar-refractivity contribution >= 4 is 5.69 Å². The molecule has 2 nitrogen and oxygen atoms in total. The van der Waals surface area contributed by atoms with Crippen LogP contribution in [0.4, 0.5) is 10.1 Å². The molecule has 2 rings (SSSR count). The Labute approximate surface area is 82.8 Å². The maximum Gasteiger partial charge on any atom is 0.129 e. The number of nitrogens with zero attached hydrogens (tertiary/aromatic N) is 1. The molecule has 1 aliphatic heterocycles. The molecule has 1 aromatic rings. The molecular weight excluding hydrogens is 179 g/mol. The number of benzene rings is 1. The van der Waals surface area contributed by atoms with E-state index in [9.17, 15) is 4.39 Å². The highest BCUT2D eigenvalue weighted by molar-refractivity contribution is 5.40. The Morgan fingerprint density at radius 3 is 2.64 bits per heavy atom. The summed E-state index contributed by atoms with van der Waals surface area (Å²) in [5.41, 5.74) is 6.66. The average molecular weight is 192 g/mol. The lowest BCUT2D eigenvalue weighted by molar-refractivity contribution is 0.339. The van der Waals surface area contributed by atoms with Crippen LogP contribution < -0.4 is 5.73 Å². The van der Waals surface area contributed by atoms with Crippen LogP contribution in [0.5, 0.6) is 0 Å². The summed E-state index contributed by atoms with van der Waals surface area (Å²) in [5, 5.41) is 0. The van der Waals surface area contributed by atoms with Crippen molar-refractivity contribution in [2.24, 2.45) is 0 Å². The fourth-order valence-corrected chi connectivity index (χ4v) is 1.58. The molecule has 0 radical (unpaired) electrons. The van der Waals surface area contributed by atoms with Crippen LogP contribution in [-0.2, 0) is 6.54 Å². The number of hydrogen-bond donors (Lipinski definition) is 1. The zero-order valence-corrected chi connectivity index (χ0v) is 7.91. The molecule has 2 N–H and O–H groups in total. The smallest absolute Gasteiger partial charge is 0.129 e. The second-order valence-electron chi connectivity index (χ2n) is 3.52. The molecule has 0 fully saturated rings. The Balaban J connectivity index is 2.08. The molecule has 1 aromatic carbocycles. The van der Waals surface area contributed by atoms with Gasteiger partial charge >= 0.3 is 0 Å². The van der Waals surface area contributed by atoms with Crippen molar-refractivity contribution < 1.29 is 4.39 Å². The van der Waals surface area contributed by atoms with Crippen molar-refractivity contribution in [1.29, 1.82) is 0 Å². The summed E-state index contributed by atoms with van der Waals surface area (Å²) in [7, 11) is 0. The average Bonchev–Trinajstić information content (AvgIpc) is 2.62. The Kier molecular flexibility index (Phi) is 2.50. The highest BCUT2D eigenvalue weighted by Gasteiger charge is 2.09. The second kappa shape index (κ2) is 3.80. The third-order valence-electron chi connectivity index (χ3n) is 2.36. The number of hydrogen-bond acceptors (Lipinski definition) is 2. The fourth-order valence-electron chi connectivity index (χ4n) is 1.58. The fraction of sp³-hybridized carbons (Fsp3) is 0.273. The van der Waals surface area contributed by atoms with Crippen LogP contribution in [-0.4, -0.2) is 18.0 Å². The lowest BCUT2D eigenvalue weighted by atomic mass is 10.2. The van der Waals surface area contributed by atoms with E-state index in [1.165, 1.54) is 6.07 Å². The van der Waals surface area contributed by atoms with Gasteiger partial charge in [-0.25, -0.2) is 4.39 Å². The Hall–Kier alpha value is -1.35. The molecule has 0 amide bonds. The monoisotopic (exact) mass is 192 g/mol. The van der Waals surface area contributed by atoms with Gasteiger partial charge < -0.3 is 5.73 Å². The summed E-state index contributed by atoms with van der Waals surface area (Å²) in [6, 6.07) is 4.86. The van der Waals surface area contributed by atoms with E-state index in [0.29, 0.717) is 17.8 Å². The van der Waals surface area contributed by atoms with Crippen LogP contribution in [0.3, 0.4) is 0 Å². The molecule has 74 valence electrons. The van der Waals surface area contributed by atoms with E-state index >= 15 is 0 Å². The van der Waals surface area contributed by atoms with Crippen LogP contribution in [0.2, 0.25) is 0 Å². The molecule has 0 saturated carbocycles. The summed E-state index contributed by atoms with van der Waals surface area (Å²) in [6.45, 7) is 2.47. The molecule has 0 spiro atoms. The third-order valence-corrected chi connectivity index (χ3v) is 2.36. The zero-order chi connectivity index (χ0) is 9.97. The largest absolute Gasteiger partial charge is 0.399 e. The van der Waals surface area contributed by atoms with E-state index < -0.39 is 0 Å². The maximum absolute atomic E-state index is 13.4. The lowest BCUT2D eigenvalue weighted by Gasteiger charge is -2.15. The SMILES string of the molecule is Nc1ccc(CN2CC=CC2)c(F)c1. The van der Waals surface area contributed by atoms with Gasteiger partial charge in [0.1, 0.15) is 5.82 Å². The summed E-state index contributed by atoms with van der Waals surface area (Å²) < 4.78 is 13.4. The van der Waals surface area contributed by atoms with Crippen molar-refractivity contribution in [2.75, 3.05) is 18.8 Å². The topological polar surface area (TPSA) is 29.3 Å². The van der Waals surface area contributed by atoms with Crippen LogP contribution >= 0.6 is 0 Å². The van der Waals surface area contributed by atoms with Crippen molar-refractivity contribution in [3.8, 4) is 0 Å². The molecular formula is C11H13FN2. The van der Waals surface area contributed by atoms with Crippen molar-refractivity contribution in [3.63, 3.8) is 0 Å². The normalized spacial score (nSPS) is 16.4. The first-order valence-electron chi connectivity index (χ1n) is 4.67. The minimum absolute atomic E-state index is 0.211. The van der Waals surface area contributed by atoms with Gasteiger partial charge in [0.05, 0.1) is 0 Å². The van der Waals surface area contributed by atoms with E-state index in [1.807, 2.05) is 0 Å². The molecule has 0 aromatic heterocycles. The van der Waals surface area contributed by atoms with Crippen LogP contribution in [0.15, 0.2) is 30.4 Å². The molecule has 1 heterocycles. The van der Waals surface area contributed by atoms with E-state index in [0.717, 1.165) is 13.1 Å². The first-order chi connectivity index (χ1) is 6.75. The Morgan fingerprint density at radius 1 is 1.29 bits per heavy atom. The van der Waals surface area contributed by atoms with Gasteiger partial charge in [-0.05, 0) is 12.1 Å². The Morgan fingerprint density at radius 2 is 2.00 bits per heavy atom. The minimum atomic E-state index is -0.211. The second-order valence-corrected chi connectivity index (χ2v) is 3.52. The van der Waals surface area contributed by atoms with Gasteiger partial charge in [0.25, 0.3) is 0 Å². The van der Waals surface area contributed by atoms with Crippen LogP contribution in [0.1, 0.15) is 5.56 Å². The van der Waals surface area contributed by atoms with Gasteiger partial charge in [-0.15, -0.1) is 0 Å². The van der Waals surface area contributed by atoms with Gasteiger partial charge in [0.15, 0.2) is 0 Å². The van der Waals surface area contributed by atoms with E-state index in [1.54, 1.807) is 12.1 Å². The Bertz CT molecular complexity index is 352. The lowest BCUT2D eigenvalue weighted by Crippen LogP contribution is -2.19. The van der Waals surface area contributed by atoms with Gasteiger partial charge in [-0.3, -0.25) is 4.90 Å². The first-order valence-corrected chi connectivity index (χ1v) is 4.67. The highest BCUT2D eigenvalue weighted by Crippen LogP contribution is 2.15. The maximum atomic E-state index is 13.4. The summed E-state index contributed by atoms with van der Waals surface area (Å²) >= 11 is 0. The number of rotatable bonds is 2. The molecule has 0 aliphatic carbocycles. The quantitative estimate of drug-likeness (QED) is 0.571. The van der Waals surface area contributed by atoms with Gasteiger partial charge in [0, 0.05) is 30.9 Å². The summed E-state index contributed by atoms with van der Waals surface area (Å²) in [5.74, 6) is -0.211. The van der Waals surface area contributed by atoms with E-state index in [2.05, 4.69) is 17.1 Å². The molecule has 0 saturated heterocycles. The van der Waals surface area contributed by atoms with E-state index in [-0.39, 0.29) is 5.82 Å². The first kappa shape index (κ1) is 9.21. The van der Waals surface area contributed by atoms with Crippen molar-refractivity contribution in [3.05, 3.63) is 41.7 Å².